The van der Waals surface area contributed by atoms with E-state index >= 15 is 0 Å². The van der Waals surface area contributed by atoms with E-state index in [1.165, 1.54) is 18.5 Å². The minimum Gasteiger partial charge on any atom is -0.398 e. The molecule has 0 spiro atoms. The largest absolute Gasteiger partial charge is 0.398 e. The molecule has 6 heteroatoms. The van der Waals surface area contributed by atoms with Gasteiger partial charge >= 0.3 is 0 Å². The highest BCUT2D eigenvalue weighted by molar-refractivity contribution is 5.99. The molecule has 0 radical (unpaired) electrons. The average Bonchev–Trinajstić information content (AvgIpc) is 2.16. The number of hydrogen-bond acceptors (Lipinski definition) is 4. The van der Waals surface area contributed by atoms with E-state index in [0.29, 0.717) is 11.3 Å². The molecule has 0 aliphatic rings. The molecule has 0 bridgehead atoms. The van der Waals surface area contributed by atoms with Crippen LogP contribution in [-0.2, 0) is 4.79 Å². The lowest BCUT2D eigenvalue weighted by Gasteiger charge is -2.12. The van der Waals surface area contributed by atoms with Gasteiger partial charge in [0, 0.05) is 30.5 Å². The molecule has 0 saturated carbocycles. The van der Waals surface area contributed by atoms with Crippen LogP contribution in [-0.4, -0.2) is 22.8 Å². The smallest absolute Gasteiger partial charge is 0.255 e. The molecule has 16 heavy (non-hydrogen) atoms. The number of pyridine rings is 1. The third-order valence-electron chi connectivity index (χ3n) is 1.98. The fourth-order valence-corrected chi connectivity index (χ4v) is 1.25. The van der Waals surface area contributed by atoms with Gasteiger partial charge in [-0.25, -0.2) is 0 Å². The fraction of sp³-hybridized carbons (Fsp3) is 0.300. The molecule has 0 saturated heterocycles. The van der Waals surface area contributed by atoms with Crippen molar-refractivity contribution in [1.82, 2.24) is 10.3 Å². The van der Waals surface area contributed by atoms with E-state index in [9.17, 15) is 9.59 Å². The zero-order chi connectivity index (χ0) is 12.1. The SMILES string of the molecule is CC(CC(N)=O)NC(=O)c1cnccc1N. The second-order valence-electron chi connectivity index (χ2n) is 3.51. The molecule has 0 aromatic carbocycles. The third kappa shape index (κ3) is 3.23. The first-order valence-corrected chi connectivity index (χ1v) is 4.79. The second-order valence-corrected chi connectivity index (χ2v) is 3.51. The standard InChI is InChI=1S/C10H14N4O2/c1-6(4-9(12)15)14-10(16)7-5-13-3-2-8(7)11/h2-3,5-6H,4H2,1H3,(H2,11,13)(H2,12,15)(H,14,16). The van der Waals surface area contributed by atoms with E-state index in [1.807, 2.05) is 0 Å². The summed E-state index contributed by atoms with van der Waals surface area (Å²) in [4.78, 5) is 26.1. The normalized spacial score (nSPS) is 11.8. The molecule has 0 aliphatic carbocycles. The van der Waals surface area contributed by atoms with Crippen molar-refractivity contribution < 1.29 is 9.59 Å². The lowest BCUT2D eigenvalue weighted by Crippen LogP contribution is -2.36. The second kappa shape index (κ2) is 5.11. The Bertz CT molecular complexity index is 406. The van der Waals surface area contributed by atoms with E-state index in [0.717, 1.165) is 0 Å². The van der Waals surface area contributed by atoms with Crippen molar-refractivity contribution in [1.29, 1.82) is 0 Å². The summed E-state index contributed by atoms with van der Waals surface area (Å²) in [5.74, 6) is -0.827. The maximum Gasteiger partial charge on any atom is 0.255 e. The summed E-state index contributed by atoms with van der Waals surface area (Å²) in [5, 5.41) is 2.61. The molecule has 0 aliphatic heterocycles. The molecule has 1 aromatic heterocycles. The molecule has 0 fully saturated rings. The number of nitrogens with one attached hydrogen (secondary N) is 1. The van der Waals surface area contributed by atoms with Gasteiger partial charge in [0.25, 0.3) is 5.91 Å². The quantitative estimate of drug-likeness (QED) is 0.646. The molecule has 5 N–H and O–H groups in total. The highest BCUT2D eigenvalue weighted by Crippen LogP contribution is 2.08. The molecule has 6 nitrogen and oxygen atoms in total. The van der Waals surface area contributed by atoms with Gasteiger partial charge in [0.1, 0.15) is 0 Å². The average molecular weight is 222 g/mol. The van der Waals surface area contributed by atoms with Crippen molar-refractivity contribution in [2.75, 3.05) is 5.73 Å². The lowest BCUT2D eigenvalue weighted by molar-refractivity contribution is -0.118. The first-order valence-electron chi connectivity index (χ1n) is 4.79. The summed E-state index contributed by atoms with van der Waals surface area (Å²) in [6.45, 7) is 1.69. The zero-order valence-electron chi connectivity index (χ0n) is 8.93. The van der Waals surface area contributed by atoms with E-state index in [-0.39, 0.29) is 18.4 Å². The molecule has 1 aromatic rings. The number of nitrogens with two attached hydrogens (primary N) is 2. The van der Waals surface area contributed by atoms with Crippen molar-refractivity contribution in [3.05, 3.63) is 24.0 Å². The van der Waals surface area contributed by atoms with Crippen LogP contribution < -0.4 is 16.8 Å². The Morgan fingerprint density at radius 1 is 1.56 bits per heavy atom. The number of carbonyl (C=O) groups is 2. The molecule has 1 heterocycles. The van der Waals surface area contributed by atoms with E-state index in [2.05, 4.69) is 10.3 Å². The number of aromatic nitrogens is 1. The van der Waals surface area contributed by atoms with Crippen LogP contribution in [0.4, 0.5) is 5.69 Å². The first kappa shape index (κ1) is 12.0. The predicted molar refractivity (Wildman–Crippen MR) is 59.4 cm³/mol. The lowest BCUT2D eigenvalue weighted by atomic mass is 10.2. The van der Waals surface area contributed by atoms with Crippen molar-refractivity contribution in [2.24, 2.45) is 5.73 Å². The minimum atomic E-state index is -0.466. The molecule has 1 rings (SSSR count). The van der Waals surface area contributed by atoms with Crippen LogP contribution in [0.1, 0.15) is 23.7 Å². The van der Waals surface area contributed by atoms with Gasteiger partial charge in [-0.15, -0.1) is 0 Å². The van der Waals surface area contributed by atoms with Crippen molar-refractivity contribution in [3.8, 4) is 0 Å². The van der Waals surface area contributed by atoms with Gasteiger partial charge in [-0.3, -0.25) is 14.6 Å². The molecule has 1 atom stereocenters. The predicted octanol–water partition coefficient (Wildman–Crippen LogP) is -0.342. The Kier molecular flexibility index (Phi) is 3.82. The van der Waals surface area contributed by atoms with Gasteiger partial charge < -0.3 is 16.8 Å². The molecule has 1 unspecified atom stereocenters. The fourth-order valence-electron chi connectivity index (χ4n) is 1.25. The molecular weight excluding hydrogens is 208 g/mol. The van der Waals surface area contributed by atoms with E-state index < -0.39 is 5.91 Å². The number of carbonyl (C=O) groups excluding carboxylic acids is 2. The molecular formula is C10H14N4O2. The van der Waals surface area contributed by atoms with Gasteiger partial charge in [-0.05, 0) is 13.0 Å². The van der Waals surface area contributed by atoms with Crippen LogP contribution in [0, 0.1) is 0 Å². The van der Waals surface area contributed by atoms with Crippen molar-refractivity contribution >= 4 is 17.5 Å². The van der Waals surface area contributed by atoms with Crippen LogP contribution in [0.15, 0.2) is 18.5 Å². The monoisotopic (exact) mass is 222 g/mol. The van der Waals surface area contributed by atoms with Crippen molar-refractivity contribution in [3.63, 3.8) is 0 Å². The first-order chi connectivity index (χ1) is 7.50. The van der Waals surface area contributed by atoms with Gasteiger partial charge in [0.2, 0.25) is 5.91 Å². The van der Waals surface area contributed by atoms with E-state index in [1.54, 1.807) is 6.92 Å². The number of nitrogens with zero attached hydrogens (tertiary/aromatic N) is 1. The summed E-state index contributed by atoms with van der Waals surface area (Å²) in [7, 11) is 0. The Morgan fingerprint density at radius 2 is 2.25 bits per heavy atom. The highest BCUT2D eigenvalue weighted by Gasteiger charge is 2.13. The maximum atomic E-state index is 11.7. The summed E-state index contributed by atoms with van der Waals surface area (Å²) in [5.41, 5.74) is 11.3. The summed E-state index contributed by atoms with van der Waals surface area (Å²) in [6.07, 6.45) is 2.96. The van der Waals surface area contributed by atoms with Crippen LogP contribution in [0.25, 0.3) is 0 Å². The summed E-state index contributed by atoms with van der Waals surface area (Å²) >= 11 is 0. The number of nitrogen functional groups attached to an aromatic ring is 1. The molecule has 2 amide bonds. The Balaban J connectivity index is 2.66. The summed E-state index contributed by atoms with van der Waals surface area (Å²) in [6, 6.07) is 1.21. The van der Waals surface area contributed by atoms with Crippen LogP contribution in [0.2, 0.25) is 0 Å². The zero-order valence-corrected chi connectivity index (χ0v) is 8.93. The maximum absolute atomic E-state index is 11.7. The number of primary amides is 1. The molecule has 86 valence electrons. The number of hydrogen-bond donors (Lipinski definition) is 3. The number of amides is 2. The Hall–Kier alpha value is -2.11. The van der Waals surface area contributed by atoms with Crippen LogP contribution in [0.3, 0.4) is 0 Å². The van der Waals surface area contributed by atoms with Gasteiger partial charge in [-0.1, -0.05) is 0 Å². The number of anilines is 1. The topological polar surface area (TPSA) is 111 Å². The van der Waals surface area contributed by atoms with Gasteiger partial charge in [-0.2, -0.15) is 0 Å². The van der Waals surface area contributed by atoms with Crippen molar-refractivity contribution in [2.45, 2.75) is 19.4 Å². The summed E-state index contributed by atoms with van der Waals surface area (Å²) < 4.78 is 0. The van der Waals surface area contributed by atoms with Gasteiger partial charge in [0.05, 0.1) is 5.56 Å². The van der Waals surface area contributed by atoms with Crippen LogP contribution >= 0.6 is 0 Å². The number of rotatable bonds is 4. The third-order valence-corrected chi connectivity index (χ3v) is 1.98. The van der Waals surface area contributed by atoms with Crippen LogP contribution in [0.5, 0.6) is 0 Å². The Labute approximate surface area is 93.0 Å². The highest BCUT2D eigenvalue weighted by atomic mass is 16.2. The minimum absolute atomic E-state index is 0.0892. The van der Waals surface area contributed by atoms with Gasteiger partial charge in [0.15, 0.2) is 0 Å². The van der Waals surface area contributed by atoms with E-state index in [4.69, 9.17) is 11.5 Å². The Morgan fingerprint density at radius 3 is 2.81 bits per heavy atom.